The lowest BCUT2D eigenvalue weighted by Gasteiger charge is -2.38. The van der Waals surface area contributed by atoms with E-state index in [1.54, 1.807) is 19.0 Å². The van der Waals surface area contributed by atoms with Crippen LogP contribution in [0.15, 0.2) is 30.3 Å². The largest absolute Gasteiger partial charge is 0.492 e. The summed E-state index contributed by atoms with van der Waals surface area (Å²) in [6.07, 6.45) is 1.53. The summed E-state index contributed by atoms with van der Waals surface area (Å²) in [4.78, 5) is 32.7. The molecule has 2 aliphatic heterocycles. The standard InChI is InChI=1S/C21H32N4O3/c1-22(2)21(27)25-10-8-18(9-11-25)20(26)24-14-12-23(13-15-24)16-17-28-19-6-4-3-5-7-19/h3-7,18H,8-17H2,1-2H3. The number of carbonyl (C=O) groups is 2. The Bertz CT molecular complexity index is 636. The Morgan fingerprint density at radius 3 is 2.21 bits per heavy atom. The zero-order valence-corrected chi connectivity index (χ0v) is 17.0. The van der Waals surface area contributed by atoms with E-state index in [-0.39, 0.29) is 17.9 Å². The van der Waals surface area contributed by atoms with Crippen LogP contribution in [0.4, 0.5) is 4.79 Å². The van der Waals surface area contributed by atoms with E-state index in [1.807, 2.05) is 40.1 Å². The highest BCUT2D eigenvalue weighted by atomic mass is 16.5. The van der Waals surface area contributed by atoms with E-state index in [0.29, 0.717) is 19.7 Å². The van der Waals surface area contributed by atoms with Gasteiger partial charge in [-0.1, -0.05) is 18.2 Å². The van der Waals surface area contributed by atoms with Crippen LogP contribution in [0.1, 0.15) is 12.8 Å². The molecule has 3 amide bonds. The number of benzene rings is 1. The number of para-hydroxylation sites is 1. The average molecular weight is 389 g/mol. The lowest BCUT2D eigenvalue weighted by molar-refractivity contribution is -0.138. The topological polar surface area (TPSA) is 56.3 Å². The number of ether oxygens (including phenoxy) is 1. The number of urea groups is 1. The molecule has 0 radical (unpaired) electrons. The number of piperidine rings is 1. The number of nitrogens with zero attached hydrogens (tertiary/aromatic N) is 4. The molecule has 0 N–H and O–H groups in total. The maximum Gasteiger partial charge on any atom is 0.319 e. The molecule has 0 aliphatic carbocycles. The smallest absolute Gasteiger partial charge is 0.319 e. The molecule has 0 bridgehead atoms. The summed E-state index contributed by atoms with van der Waals surface area (Å²) in [6.45, 7) is 6.22. The van der Waals surface area contributed by atoms with Gasteiger partial charge in [0.15, 0.2) is 0 Å². The molecule has 2 fully saturated rings. The zero-order valence-electron chi connectivity index (χ0n) is 17.0. The quantitative estimate of drug-likeness (QED) is 0.769. The Balaban J connectivity index is 1.35. The highest BCUT2D eigenvalue weighted by Crippen LogP contribution is 2.21. The first-order valence-corrected chi connectivity index (χ1v) is 10.2. The van der Waals surface area contributed by atoms with Gasteiger partial charge in [0.2, 0.25) is 5.91 Å². The van der Waals surface area contributed by atoms with Gasteiger partial charge in [0.25, 0.3) is 0 Å². The first-order valence-electron chi connectivity index (χ1n) is 10.2. The van der Waals surface area contributed by atoms with Crippen LogP contribution in [-0.4, -0.2) is 98.1 Å². The Hall–Kier alpha value is -2.28. The van der Waals surface area contributed by atoms with Gasteiger partial charge in [-0.05, 0) is 25.0 Å². The molecule has 7 heteroatoms. The number of likely N-dealkylation sites (tertiary alicyclic amines) is 1. The summed E-state index contributed by atoms with van der Waals surface area (Å²) in [6, 6.07) is 9.90. The molecule has 2 aliphatic rings. The molecular formula is C21H32N4O3. The second-order valence-electron chi connectivity index (χ2n) is 7.77. The minimum atomic E-state index is 0.0391. The number of amides is 3. The molecule has 2 saturated heterocycles. The number of piperazine rings is 1. The van der Waals surface area contributed by atoms with Gasteiger partial charge in [-0.15, -0.1) is 0 Å². The van der Waals surface area contributed by atoms with Crippen LogP contribution in [-0.2, 0) is 4.79 Å². The SMILES string of the molecule is CN(C)C(=O)N1CCC(C(=O)N2CCN(CCOc3ccccc3)CC2)CC1. The fraction of sp³-hybridized carbons (Fsp3) is 0.619. The Morgan fingerprint density at radius 1 is 0.964 bits per heavy atom. The van der Waals surface area contributed by atoms with Gasteiger partial charge in [-0.3, -0.25) is 9.69 Å². The third-order valence-electron chi connectivity index (χ3n) is 5.60. The van der Waals surface area contributed by atoms with Crippen molar-refractivity contribution in [1.29, 1.82) is 0 Å². The van der Waals surface area contributed by atoms with Gasteiger partial charge in [0.1, 0.15) is 12.4 Å². The van der Waals surface area contributed by atoms with Crippen molar-refractivity contribution in [3.05, 3.63) is 30.3 Å². The van der Waals surface area contributed by atoms with Crippen molar-refractivity contribution < 1.29 is 14.3 Å². The Morgan fingerprint density at radius 2 is 1.61 bits per heavy atom. The van der Waals surface area contributed by atoms with E-state index in [4.69, 9.17) is 4.74 Å². The minimum Gasteiger partial charge on any atom is -0.492 e. The van der Waals surface area contributed by atoms with Crippen molar-refractivity contribution in [2.45, 2.75) is 12.8 Å². The molecule has 7 nitrogen and oxygen atoms in total. The van der Waals surface area contributed by atoms with Crippen molar-refractivity contribution in [3.63, 3.8) is 0 Å². The van der Waals surface area contributed by atoms with Crippen LogP contribution < -0.4 is 4.74 Å². The van der Waals surface area contributed by atoms with Gasteiger partial charge in [0.05, 0.1) is 0 Å². The van der Waals surface area contributed by atoms with Crippen LogP contribution in [0.3, 0.4) is 0 Å². The molecule has 3 rings (SSSR count). The lowest BCUT2D eigenvalue weighted by atomic mass is 9.95. The van der Waals surface area contributed by atoms with Crippen LogP contribution in [0.2, 0.25) is 0 Å². The summed E-state index contributed by atoms with van der Waals surface area (Å²) in [7, 11) is 3.54. The highest BCUT2D eigenvalue weighted by Gasteiger charge is 2.31. The molecule has 0 aromatic heterocycles. The Labute approximate surface area is 167 Å². The second kappa shape index (κ2) is 9.78. The van der Waals surface area contributed by atoms with E-state index in [2.05, 4.69) is 4.90 Å². The van der Waals surface area contributed by atoms with Crippen molar-refractivity contribution in [2.24, 2.45) is 5.92 Å². The van der Waals surface area contributed by atoms with E-state index >= 15 is 0 Å². The molecule has 28 heavy (non-hydrogen) atoms. The highest BCUT2D eigenvalue weighted by molar-refractivity contribution is 5.80. The second-order valence-corrected chi connectivity index (χ2v) is 7.77. The molecule has 2 heterocycles. The zero-order chi connectivity index (χ0) is 19.9. The lowest BCUT2D eigenvalue weighted by Crippen LogP contribution is -2.52. The van der Waals surface area contributed by atoms with Crippen molar-refractivity contribution >= 4 is 11.9 Å². The molecule has 1 aromatic rings. The maximum atomic E-state index is 12.8. The van der Waals surface area contributed by atoms with Crippen LogP contribution in [0, 0.1) is 5.92 Å². The molecule has 0 unspecified atom stereocenters. The third kappa shape index (κ3) is 5.38. The molecule has 154 valence electrons. The number of hydrogen-bond donors (Lipinski definition) is 0. The first kappa shape index (κ1) is 20.5. The van der Waals surface area contributed by atoms with Crippen LogP contribution in [0.5, 0.6) is 5.75 Å². The normalized spacial score (nSPS) is 18.8. The molecule has 1 aromatic carbocycles. The van der Waals surface area contributed by atoms with Gasteiger partial charge < -0.3 is 19.4 Å². The van der Waals surface area contributed by atoms with Crippen LogP contribution in [0.25, 0.3) is 0 Å². The summed E-state index contributed by atoms with van der Waals surface area (Å²) in [5.74, 6) is 1.21. The fourth-order valence-electron chi connectivity index (χ4n) is 3.86. The molecule has 0 saturated carbocycles. The summed E-state index contributed by atoms with van der Waals surface area (Å²) < 4.78 is 5.77. The van der Waals surface area contributed by atoms with Gasteiger partial charge in [0, 0.05) is 65.8 Å². The van der Waals surface area contributed by atoms with E-state index in [1.165, 1.54) is 0 Å². The molecular weight excluding hydrogens is 356 g/mol. The monoisotopic (exact) mass is 388 g/mol. The Kier molecular flexibility index (Phi) is 7.14. The van der Waals surface area contributed by atoms with Crippen molar-refractivity contribution in [1.82, 2.24) is 19.6 Å². The minimum absolute atomic E-state index is 0.0391. The van der Waals surface area contributed by atoms with E-state index < -0.39 is 0 Å². The van der Waals surface area contributed by atoms with Gasteiger partial charge in [-0.2, -0.15) is 0 Å². The fourth-order valence-corrected chi connectivity index (χ4v) is 3.86. The average Bonchev–Trinajstić information content (AvgIpc) is 2.74. The molecule has 0 atom stereocenters. The third-order valence-corrected chi connectivity index (χ3v) is 5.60. The van der Waals surface area contributed by atoms with Gasteiger partial charge >= 0.3 is 6.03 Å². The van der Waals surface area contributed by atoms with Gasteiger partial charge in [-0.25, -0.2) is 4.79 Å². The van der Waals surface area contributed by atoms with Crippen LogP contribution >= 0.6 is 0 Å². The summed E-state index contributed by atoms with van der Waals surface area (Å²) >= 11 is 0. The maximum absolute atomic E-state index is 12.8. The number of hydrogen-bond acceptors (Lipinski definition) is 4. The molecule has 0 spiro atoms. The summed E-state index contributed by atoms with van der Waals surface area (Å²) in [5, 5.41) is 0. The number of rotatable bonds is 5. The van der Waals surface area contributed by atoms with E-state index in [9.17, 15) is 9.59 Å². The van der Waals surface area contributed by atoms with Crippen molar-refractivity contribution in [2.75, 3.05) is 66.5 Å². The number of carbonyl (C=O) groups excluding carboxylic acids is 2. The summed E-state index contributed by atoms with van der Waals surface area (Å²) in [5.41, 5.74) is 0. The van der Waals surface area contributed by atoms with E-state index in [0.717, 1.165) is 51.3 Å². The predicted octanol–water partition coefficient (Wildman–Crippen LogP) is 1.60. The predicted molar refractivity (Wildman–Crippen MR) is 108 cm³/mol. The first-order chi connectivity index (χ1) is 13.5. The van der Waals surface area contributed by atoms with Crippen molar-refractivity contribution in [3.8, 4) is 5.75 Å².